The van der Waals surface area contributed by atoms with Crippen LogP contribution in [-0.2, 0) is 11.8 Å². The van der Waals surface area contributed by atoms with Gasteiger partial charge in [-0.3, -0.25) is 19.2 Å². The number of aromatic nitrogens is 3. The maximum Gasteiger partial charge on any atom is 0.252 e. The number of hydrogen-bond acceptors (Lipinski definition) is 3. The Morgan fingerprint density at radius 1 is 1.32 bits per heavy atom. The van der Waals surface area contributed by atoms with Crippen molar-refractivity contribution in [1.29, 1.82) is 0 Å². The third kappa shape index (κ3) is 2.67. The average Bonchev–Trinajstić information content (AvgIpc) is 3.27. The number of amides is 2. The molecule has 4 rings (SSSR count). The Bertz CT molecular complexity index is 971. The topological polar surface area (TPSA) is 83.0 Å². The minimum Gasteiger partial charge on any atom is -0.361 e. The summed E-state index contributed by atoms with van der Waals surface area (Å²) in [7, 11) is 1.81. The van der Waals surface area contributed by atoms with Crippen LogP contribution in [0.1, 0.15) is 22.5 Å². The summed E-state index contributed by atoms with van der Waals surface area (Å²) in [6, 6.07) is 8.77. The molecule has 2 amide bonds. The molecule has 2 N–H and O–H groups in total. The van der Waals surface area contributed by atoms with Gasteiger partial charge >= 0.3 is 0 Å². The van der Waals surface area contributed by atoms with Crippen molar-refractivity contribution in [3.63, 3.8) is 0 Å². The predicted octanol–water partition coefficient (Wildman–Crippen LogP) is 1.75. The van der Waals surface area contributed by atoms with Crippen LogP contribution in [0.5, 0.6) is 0 Å². The molecule has 1 atom stereocenters. The fourth-order valence-electron chi connectivity index (χ4n) is 3.32. The van der Waals surface area contributed by atoms with Crippen LogP contribution in [0.3, 0.4) is 0 Å². The number of carbonyl (C=O) groups is 2. The van der Waals surface area contributed by atoms with Crippen LogP contribution in [0.15, 0.2) is 36.5 Å². The van der Waals surface area contributed by atoms with Crippen LogP contribution < -0.4 is 10.2 Å². The van der Waals surface area contributed by atoms with Crippen molar-refractivity contribution in [3.8, 4) is 0 Å². The van der Waals surface area contributed by atoms with Gasteiger partial charge in [-0.15, -0.1) is 0 Å². The molecule has 1 aliphatic heterocycles. The molecule has 1 fully saturated rings. The number of rotatable bonds is 3. The highest BCUT2D eigenvalue weighted by molar-refractivity contribution is 6.04. The molecule has 128 valence electrons. The number of hydrogen-bond donors (Lipinski definition) is 2. The van der Waals surface area contributed by atoms with Crippen LogP contribution in [0.2, 0.25) is 0 Å². The van der Waals surface area contributed by atoms with E-state index in [1.165, 1.54) is 0 Å². The van der Waals surface area contributed by atoms with Crippen LogP contribution in [0, 0.1) is 6.92 Å². The van der Waals surface area contributed by atoms with Gasteiger partial charge < -0.3 is 10.3 Å². The zero-order chi connectivity index (χ0) is 17.6. The molecular weight excluding hydrogens is 318 g/mol. The van der Waals surface area contributed by atoms with Gasteiger partial charge in [0, 0.05) is 36.9 Å². The summed E-state index contributed by atoms with van der Waals surface area (Å²) in [6.07, 6.45) is 2.42. The zero-order valence-corrected chi connectivity index (χ0v) is 14.1. The van der Waals surface area contributed by atoms with Crippen molar-refractivity contribution in [2.75, 3.05) is 11.4 Å². The van der Waals surface area contributed by atoms with Crippen LogP contribution in [0.25, 0.3) is 10.9 Å². The summed E-state index contributed by atoms with van der Waals surface area (Å²) in [5.74, 6) is 0.419. The molecule has 0 aliphatic carbocycles. The molecule has 1 aliphatic rings. The molecule has 1 aromatic carbocycles. The summed E-state index contributed by atoms with van der Waals surface area (Å²) in [5, 5.41) is 8.18. The quantitative estimate of drug-likeness (QED) is 0.764. The zero-order valence-electron chi connectivity index (χ0n) is 14.1. The number of H-pyrrole nitrogens is 1. The van der Waals surface area contributed by atoms with E-state index in [1.54, 1.807) is 21.7 Å². The molecule has 2 aromatic heterocycles. The highest BCUT2D eigenvalue weighted by Crippen LogP contribution is 2.22. The monoisotopic (exact) mass is 337 g/mol. The van der Waals surface area contributed by atoms with Crippen molar-refractivity contribution < 1.29 is 9.59 Å². The Kier molecular flexibility index (Phi) is 3.56. The molecule has 1 saturated heterocycles. The molecule has 25 heavy (non-hydrogen) atoms. The third-order valence-electron chi connectivity index (χ3n) is 4.58. The molecule has 3 aromatic rings. The van der Waals surface area contributed by atoms with Gasteiger partial charge in [-0.05, 0) is 36.9 Å². The van der Waals surface area contributed by atoms with Gasteiger partial charge in [-0.2, -0.15) is 5.10 Å². The highest BCUT2D eigenvalue weighted by atomic mass is 16.2. The first-order chi connectivity index (χ1) is 12.0. The normalized spacial score (nSPS) is 17.4. The van der Waals surface area contributed by atoms with Crippen LogP contribution in [0.4, 0.5) is 5.82 Å². The second-order valence-electron chi connectivity index (χ2n) is 6.35. The van der Waals surface area contributed by atoms with Crippen molar-refractivity contribution in [2.24, 2.45) is 7.05 Å². The molecule has 7 heteroatoms. The van der Waals surface area contributed by atoms with Gasteiger partial charge in [0.25, 0.3) is 11.8 Å². The largest absolute Gasteiger partial charge is 0.361 e. The Balaban J connectivity index is 1.50. The van der Waals surface area contributed by atoms with Gasteiger partial charge in [0.05, 0.1) is 5.69 Å². The highest BCUT2D eigenvalue weighted by Gasteiger charge is 2.35. The van der Waals surface area contributed by atoms with Gasteiger partial charge in [-0.1, -0.05) is 6.07 Å². The number of fused-ring (bicyclic) bond motifs is 1. The maximum atomic E-state index is 12.7. The number of nitrogens with zero attached hydrogens (tertiary/aromatic N) is 3. The minimum atomic E-state index is -0.512. The van der Waals surface area contributed by atoms with E-state index < -0.39 is 6.04 Å². The molecule has 0 spiro atoms. The summed E-state index contributed by atoms with van der Waals surface area (Å²) < 4.78 is 1.69. The van der Waals surface area contributed by atoms with E-state index in [4.69, 9.17) is 0 Å². The molecule has 0 radical (unpaired) electrons. The Morgan fingerprint density at radius 2 is 2.16 bits per heavy atom. The van der Waals surface area contributed by atoms with Gasteiger partial charge in [0.2, 0.25) is 0 Å². The van der Waals surface area contributed by atoms with Gasteiger partial charge in [-0.25, -0.2) is 0 Å². The lowest BCUT2D eigenvalue weighted by Gasteiger charge is -2.17. The van der Waals surface area contributed by atoms with E-state index in [9.17, 15) is 9.59 Å². The summed E-state index contributed by atoms with van der Waals surface area (Å²) >= 11 is 0. The van der Waals surface area contributed by atoms with Crippen molar-refractivity contribution in [1.82, 2.24) is 20.1 Å². The molecule has 7 nitrogen and oxygen atoms in total. The van der Waals surface area contributed by atoms with Crippen molar-refractivity contribution in [2.45, 2.75) is 19.4 Å². The number of benzene rings is 1. The number of nitrogens with one attached hydrogen (secondary N) is 2. The standard InChI is InChI=1S/C18H19N5O2/c1-11-9-16(22(2)21-11)23-8-6-14(18(23)25)20-17(24)13-4-3-12-5-7-19-15(12)10-13/h3-5,7,9-10,14,19H,6,8H2,1-2H3,(H,20,24). The minimum absolute atomic E-state index is 0.0997. The smallest absolute Gasteiger partial charge is 0.252 e. The van der Waals surface area contributed by atoms with Crippen LogP contribution in [-0.4, -0.2) is 39.2 Å². The average molecular weight is 337 g/mol. The Morgan fingerprint density at radius 3 is 2.92 bits per heavy atom. The molecule has 1 unspecified atom stereocenters. The summed E-state index contributed by atoms with van der Waals surface area (Å²) in [6.45, 7) is 2.46. The first-order valence-electron chi connectivity index (χ1n) is 8.23. The third-order valence-corrected chi connectivity index (χ3v) is 4.58. The van der Waals surface area contributed by atoms with E-state index in [2.05, 4.69) is 15.4 Å². The maximum absolute atomic E-state index is 12.7. The number of aryl methyl sites for hydroxylation is 2. The molecular formula is C18H19N5O2. The van der Waals surface area contributed by atoms with E-state index in [0.717, 1.165) is 22.4 Å². The lowest BCUT2D eigenvalue weighted by atomic mass is 10.1. The molecule has 3 heterocycles. The lowest BCUT2D eigenvalue weighted by molar-refractivity contribution is -0.118. The second-order valence-corrected chi connectivity index (χ2v) is 6.35. The van der Waals surface area contributed by atoms with E-state index in [1.807, 2.05) is 38.4 Å². The number of anilines is 1. The first-order valence-corrected chi connectivity index (χ1v) is 8.23. The summed E-state index contributed by atoms with van der Waals surface area (Å²) in [4.78, 5) is 30.0. The number of carbonyl (C=O) groups excluding carboxylic acids is 2. The fraction of sp³-hybridized carbons (Fsp3) is 0.278. The van der Waals surface area contributed by atoms with Gasteiger partial charge in [0.1, 0.15) is 11.9 Å². The second kappa shape index (κ2) is 5.77. The Hall–Kier alpha value is -3.09. The van der Waals surface area contributed by atoms with E-state index >= 15 is 0 Å². The SMILES string of the molecule is Cc1cc(N2CCC(NC(=O)c3ccc4cc[nH]c4c3)C2=O)n(C)n1. The summed E-state index contributed by atoms with van der Waals surface area (Å²) in [5.41, 5.74) is 2.30. The van der Waals surface area contributed by atoms with E-state index in [0.29, 0.717) is 18.5 Å². The Labute approximate surface area is 144 Å². The predicted molar refractivity (Wildman–Crippen MR) is 94.5 cm³/mol. The van der Waals surface area contributed by atoms with E-state index in [-0.39, 0.29) is 11.8 Å². The van der Waals surface area contributed by atoms with Crippen molar-refractivity contribution in [3.05, 3.63) is 47.8 Å². The molecule has 0 bridgehead atoms. The van der Waals surface area contributed by atoms with Gasteiger partial charge in [0.15, 0.2) is 0 Å². The van der Waals surface area contributed by atoms with Crippen LogP contribution >= 0.6 is 0 Å². The van der Waals surface area contributed by atoms with Crippen molar-refractivity contribution >= 4 is 28.5 Å². The number of aromatic amines is 1. The fourth-order valence-corrected chi connectivity index (χ4v) is 3.32. The first kappa shape index (κ1) is 15.4. The molecule has 0 saturated carbocycles. The lowest BCUT2D eigenvalue weighted by Crippen LogP contribution is -2.41.